The number of hydrogen-bond donors (Lipinski definition) is 1. The van der Waals surface area contributed by atoms with Crippen molar-refractivity contribution in [2.24, 2.45) is 0 Å². The number of unbranched alkanes of at least 4 members (excludes halogenated alkanes) is 1. The van der Waals surface area contributed by atoms with Crippen LogP contribution in [0.25, 0.3) is 11.4 Å². The molecule has 1 heterocycles. The molecule has 0 spiro atoms. The molecule has 0 radical (unpaired) electrons. The molecule has 0 saturated carbocycles. The van der Waals surface area contributed by atoms with Gasteiger partial charge in [0.1, 0.15) is 5.82 Å². The lowest BCUT2D eigenvalue weighted by atomic mass is 10.1. The maximum Gasteiger partial charge on any atom is 0.184 e. The van der Waals surface area contributed by atoms with Crippen molar-refractivity contribution in [1.82, 2.24) is 20.2 Å². The summed E-state index contributed by atoms with van der Waals surface area (Å²) < 4.78 is 14.8. The number of aryl methyl sites for hydroxylation is 1. The normalized spacial score (nSPS) is 10.7. The molecule has 1 aromatic carbocycles. The van der Waals surface area contributed by atoms with E-state index in [2.05, 4.69) is 22.4 Å². The molecule has 90 valence electrons. The summed E-state index contributed by atoms with van der Waals surface area (Å²) in [6, 6.07) is 4.19. The van der Waals surface area contributed by atoms with E-state index in [4.69, 9.17) is 5.73 Å². The van der Waals surface area contributed by atoms with Crippen LogP contribution in [0.2, 0.25) is 0 Å². The van der Waals surface area contributed by atoms with Crippen molar-refractivity contribution in [3.8, 4) is 11.4 Å². The van der Waals surface area contributed by atoms with Crippen LogP contribution >= 0.6 is 0 Å². The molecule has 1 aromatic heterocycles. The predicted molar refractivity (Wildman–Crippen MR) is 62.5 cm³/mol. The van der Waals surface area contributed by atoms with Crippen molar-refractivity contribution in [3.05, 3.63) is 24.0 Å². The van der Waals surface area contributed by atoms with Gasteiger partial charge in [-0.25, -0.2) is 9.07 Å². The molecule has 0 amide bonds. The van der Waals surface area contributed by atoms with Crippen LogP contribution in [0.5, 0.6) is 0 Å². The minimum Gasteiger partial charge on any atom is -0.398 e. The van der Waals surface area contributed by atoms with Crippen molar-refractivity contribution in [1.29, 1.82) is 0 Å². The van der Waals surface area contributed by atoms with Gasteiger partial charge in [0.05, 0.1) is 0 Å². The molecule has 0 aliphatic rings. The molecule has 17 heavy (non-hydrogen) atoms. The second-order valence-electron chi connectivity index (χ2n) is 3.81. The number of nitrogen functional groups attached to an aromatic ring is 1. The van der Waals surface area contributed by atoms with Crippen LogP contribution in [0.15, 0.2) is 18.2 Å². The summed E-state index contributed by atoms with van der Waals surface area (Å²) in [5, 5.41) is 11.4. The van der Waals surface area contributed by atoms with Crippen molar-refractivity contribution >= 4 is 5.69 Å². The van der Waals surface area contributed by atoms with Gasteiger partial charge in [-0.3, -0.25) is 0 Å². The van der Waals surface area contributed by atoms with Crippen LogP contribution in [-0.4, -0.2) is 20.2 Å². The fourth-order valence-corrected chi connectivity index (χ4v) is 1.58. The van der Waals surface area contributed by atoms with Crippen LogP contribution in [0.4, 0.5) is 10.1 Å². The van der Waals surface area contributed by atoms with Crippen molar-refractivity contribution in [2.45, 2.75) is 26.3 Å². The summed E-state index contributed by atoms with van der Waals surface area (Å²) >= 11 is 0. The van der Waals surface area contributed by atoms with E-state index in [1.807, 2.05) is 0 Å². The van der Waals surface area contributed by atoms with E-state index in [1.54, 1.807) is 4.68 Å². The largest absolute Gasteiger partial charge is 0.398 e. The van der Waals surface area contributed by atoms with Crippen LogP contribution < -0.4 is 5.73 Å². The molecule has 2 aromatic rings. The average Bonchev–Trinajstić information content (AvgIpc) is 2.77. The van der Waals surface area contributed by atoms with Gasteiger partial charge >= 0.3 is 0 Å². The Labute approximate surface area is 98.4 Å². The maximum absolute atomic E-state index is 13.2. The van der Waals surface area contributed by atoms with Gasteiger partial charge in [0.15, 0.2) is 5.82 Å². The van der Waals surface area contributed by atoms with Gasteiger partial charge in [0, 0.05) is 17.8 Å². The summed E-state index contributed by atoms with van der Waals surface area (Å²) in [5.74, 6) is 0.162. The third kappa shape index (κ3) is 2.41. The number of benzene rings is 1. The molecule has 2 rings (SSSR count). The first kappa shape index (κ1) is 11.5. The second kappa shape index (κ2) is 4.90. The van der Waals surface area contributed by atoms with E-state index in [0.717, 1.165) is 12.8 Å². The second-order valence-corrected chi connectivity index (χ2v) is 3.81. The zero-order valence-electron chi connectivity index (χ0n) is 9.60. The third-order valence-electron chi connectivity index (χ3n) is 2.51. The summed E-state index contributed by atoms with van der Waals surface area (Å²) in [5.41, 5.74) is 6.81. The molecule has 2 N–H and O–H groups in total. The van der Waals surface area contributed by atoms with Crippen molar-refractivity contribution in [3.63, 3.8) is 0 Å². The first-order valence-corrected chi connectivity index (χ1v) is 5.54. The lowest BCUT2D eigenvalue weighted by molar-refractivity contribution is 0.557. The van der Waals surface area contributed by atoms with E-state index < -0.39 is 0 Å². The zero-order valence-corrected chi connectivity index (χ0v) is 9.60. The minimum atomic E-state index is -0.348. The predicted octanol–water partition coefficient (Wildman–Crippen LogP) is 1.86. The molecule has 0 saturated heterocycles. The van der Waals surface area contributed by atoms with Crippen molar-refractivity contribution < 1.29 is 4.39 Å². The van der Waals surface area contributed by atoms with Crippen LogP contribution in [0.1, 0.15) is 19.8 Å². The molecule has 5 nitrogen and oxygen atoms in total. The first-order chi connectivity index (χ1) is 8.22. The van der Waals surface area contributed by atoms with Gasteiger partial charge in [-0.05, 0) is 35.0 Å². The van der Waals surface area contributed by atoms with Crippen LogP contribution in [0.3, 0.4) is 0 Å². The highest BCUT2D eigenvalue weighted by Gasteiger charge is 2.12. The number of nitrogens with zero attached hydrogens (tertiary/aromatic N) is 4. The van der Waals surface area contributed by atoms with Gasteiger partial charge < -0.3 is 5.73 Å². The minimum absolute atomic E-state index is 0.348. The first-order valence-electron chi connectivity index (χ1n) is 5.54. The summed E-state index contributed by atoms with van der Waals surface area (Å²) in [6.07, 6.45) is 2.01. The highest BCUT2D eigenvalue weighted by atomic mass is 19.1. The molecule has 6 heteroatoms. The molecule has 0 aliphatic heterocycles. The summed E-state index contributed by atoms with van der Waals surface area (Å²) in [7, 11) is 0. The number of tetrazole rings is 1. The quantitative estimate of drug-likeness (QED) is 0.821. The molecule has 0 unspecified atom stereocenters. The van der Waals surface area contributed by atoms with E-state index >= 15 is 0 Å². The maximum atomic E-state index is 13.2. The number of halogens is 1. The fourth-order valence-electron chi connectivity index (χ4n) is 1.58. The number of hydrogen-bond acceptors (Lipinski definition) is 4. The summed E-state index contributed by atoms with van der Waals surface area (Å²) in [6.45, 7) is 2.79. The highest BCUT2D eigenvalue weighted by molar-refractivity contribution is 5.71. The number of aromatic nitrogens is 4. The Bertz CT molecular complexity index is 508. The molecule has 0 atom stereocenters. The van der Waals surface area contributed by atoms with Gasteiger partial charge in [-0.1, -0.05) is 13.3 Å². The number of rotatable bonds is 4. The zero-order chi connectivity index (χ0) is 12.3. The Hall–Kier alpha value is -1.98. The SMILES string of the molecule is CCCCn1nnnc1-c1cc(F)ccc1N. The molecular formula is C11H14FN5. The topological polar surface area (TPSA) is 69.6 Å². The third-order valence-corrected chi connectivity index (χ3v) is 2.51. The molecular weight excluding hydrogens is 221 g/mol. The van der Waals surface area contributed by atoms with Crippen LogP contribution in [0, 0.1) is 5.82 Å². The van der Waals surface area contributed by atoms with E-state index in [1.165, 1.54) is 18.2 Å². The summed E-state index contributed by atoms with van der Waals surface area (Å²) in [4.78, 5) is 0. The lowest BCUT2D eigenvalue weighted by Crippen LogP contribution is -2.04. The van der Waals surface area contributed by atoms with Gasteiger partial charge in [-0.15, -0.1) is 5.10 Å². The highest BCUT2D eigenvalue weighted by Crippen LogP contribution is 2.24. The number of anilines is 1. The standard InChI is InChI=1S/C11H14FN5/c1-2-3-6-17-11(14-15-16-17)9-7-8(12)4-5-10(9)13/h4-5,7H,2-3,6,13H2,1H3. The molecule has 0 fully saturated rings. The Morgan fingerprint density at radius 2 is 2.24 bits per heavy atom. The van der Waals surface area contributed by atoms with Gasteiger partial charge in [0.2, 0.25) is 0 Å². The average molecular weight is 235 g/mol. The smallest absolute Gasteiger partial charge is 0.184 e. The monoisotopic (exact) mass is 235 g/mol. The Morgan fingerprint density at radius 3 is 3.00 bits per heavy atom. The fraction of sp³-hybridized carbons (Fsp3) is 0.364. The Kier molecular flexibility index (Phi) is 3.32. The van der Waals surface area contributed by atoms with Crippen molar-refractivity contribution in [2.75, 3.05) is 5.73 Å². The van der Waals surface area contributed by atoms with Gasteiger partial charge in [0.25, 0.3) is 0 Å². The number of nitrogens with two attached hydrogens (primary N) is 1. The van der Waals surface area contributed by atoms with Crippen LogP contribution in [-0.2, 0) is 6.54 Å². The molecule has 0 aliphatic carbocycles. The molecule has 0 bridgehead atoms. The van der Waals surface area contributed by atoms with E-state index in [9.17, 15) is 4.39 Å². The van der Waals surface area contributed by atoms with E-state index in [0.29, 0.717) is 23.6 Å². The Balaban J connectivity index is 2.38. The van der Waals surface area contributed by atoms with Gasteiger partial charge in [-0.2, -0.15) is 0 Å². The van der Waals surface area contributed by atoms with E-state index in [-0.39, 0.29) is 5.82 Å². The lowest BCUT2D eigenvalue weighted by Gasteiger charge is -2.06. The Morgan fingerprint density at radius 1 is 1.41 bits per heavy atom.